The first kappa shape index (κ1) is 21.1. The first-order chi connectivity index (χ1) is 15.1. The Bertz CT molecular complexity index is 945. The van der Waals surface area contributed by atoms with Gasteiger partial charge in [0, 0.05) is 24.7 Å². The monoisotopic (exact) mass is 421 g/mol. The van der Waals surface area contributed by atoms with Gasteiger partial charge in [0.2, 0.25) is 5.91 Å². The van der Waals surface area contributed by atoms with Crippen LogP contribution in [-0.4, -0.2) is 45.4 Å². The predicted octanol–water partition coefficient (Wildman–Crippen LogP) is 3.37. The molecular formula is C24H27N3O4. The lowest BCUT2D eigenvalue weighted by Gasteiger charge is -2.47. The van der Waals surface area contributed by atoms with Crippen molar-refractivity contribution in [1.29, 1.82) is 0 Å². The number of carbonyl (C=O) groups is 3. The van der Waals surface area contributed by atoms with E-state index in [1.54, 1.807) is 29.7 Å². The van der Waals surface area contributed by atoms with Crippen molar-refractivity contribution in [1.82, 2.24) is 15.3 Å². The molecule has 1 saturated heterocycles. The quantitative estimate of drug-likeness (QED) is 0.553. The van der Waals surface area contributed by atoms with Gasteiger partial charge in [0.25, 0.3) is 5.91 Å². The highest BCUT2D eigenvalue weighted by Gasteiger charge is 2.46. The standard InChI is InChI=1S/C24H27N3O4/c28-22(25-31)19-12-10-18(11-13-19)16-27-21-9-5-4-8-20(21)23(29)26(24(27)30)15-14-17-6-2-1-3-7-17/h1-3,6-7,10-13,20-21,31H,4-5,8-9,14-16H2,(H,25,28). The Hall–Kier alpha value is -3.19. The molecular weight excluding hydrogens is 394 g/mol. The van der Waals surface area contributed by atoms with Crippen LogP contribution in [0.15, 0.2) is 54.6 Å². The Labute approximate surface area is 181 Å². The number of hydrogen-bond acceptors (Lipinski definition) is 4. The zero-order valence-electron chi connectivity index (χ0n) is 17.4. The van der Waals surface area contributed by atoms with E-state index in [0.717, 1.165) is 36.8 Å². The lowest BCUT2D eigenvalue weighted by molar-refractivity contribution is -0.140. The molecule has 0 bridgehead atoms. The average Bonchev–Trinajstić information content (AvgIpc) is 2.82. The summed E-state index contributed by atoms with van der Waals surface area (Å²) in [5.74, 6) is -0.774. The Kier molecular flexibility index (Phi) is 6.32. The molecule has 1 aliphatic carbocycles. The van der Waals surface area contributed by atoms with Crippen LogP contribution < -0.4 is 5.48 Å². The smallest absolute Gasteiger partial charge is 0.316 e. The number of nitrogens with one attached hydrogen (secondary N) is 1. The summed E-state index contributed by atoms with van der Waals surface area (Å²) in [6.45, 7) is 0.757. The van der Waals surface area contributed by atoms with Crippen molar-refractivity contribution >= 4 is 17.8 Å². The Morgan fingerprint density at radius 1 is 0.968 bits per heavy atom. The number of urea groups is 1. The highest BCUT2D eigenvalue weighted by molar-refractivity contribution is 5.98. The molecule has 7 nitrogen and oxygen atoms in total. The molecule has 1 heterocycles. The molecule has 1 aliphatic heterocycles. The number of fused-ring (bicyclic) bond motifs is 1. The van der Waals surface area contributed by atoms with Gasteiger partial charge >= 0.3 is 6.03 Å². The van der Waals surface area contributed by atoms with Gasteiger partial charge in [-0.3, -0.25) is 19.7 Å². The molecule has 0 radical (unpaired) electrons. The van der Waals surface area contributed by atoms with E-state index in [1.807, 2.05) is 35.2 Å². The molecule has 4 amide bonds. The van der Waals surface area contributed by atoms with E-state index in [0.29, 0.717) is 25.1 Å². The molecule has 2 aromatic rings. The third-order valence-corrected chi connectivity index (χ3v) is 6.33. The number of amides is 4. The molecule has 2 aromatic carbocycles. The van der Waals surface area contributed by atoms with Crippen LogP contribution in [0.5, 0.6) is 0 Å². The molecule has 7 heteroatoms. The van der Waals surface area contributed by atoms with Gasteiger partial charge < -0.3 is 4.90 Å². The lowest BCUT2D eigenvalue weighted by atomic mass is 9.81. The normalized spacial score (nSPS) is 21.1. The number of hydroxylamine groups is 1. The first-order valence-electron chi connectivity index (χ1n) is 10.8. The van der Waals surface area contributed by atoms with Crippen LogP contribution >= 0.6 is 0 Å². The molecule has 0 aromatic heterocycles. The molecule has 162 valence electrons. The minimum absolute atomic E-state index is 0.0446. The van der Waals surface area contributed by atoms with Gasteiger partial charge in [0.1, 0.15) is 0 Å². The van der Waals surface area contributed by atoms with Crippen molar-refractivity contribution < 1.29 is 19.6 Å². The largest absolute Gasteiger partial charge is 0.327 e. The fourth-order valence-electron chi connectivity index (χ4n) is 4.66. The zero-order valence-corrected chi connectivity index (χ0v) is 17.4. The van der Waals surface area contributed by atoms with Crippen LogP contribution in [0.4, 0.5) is 4.79 Å². The molecule has 2 unspecified atom stereocenters. The Morgan fingerprint density at radius 3 is 2.39 bits per heavy atom. The maximum atomic E-state index is 13.4. The second-order valence-electron chi connectivity index (χ2n) is 8.23. The minimum atomic E-state index is -0.578. The summed E-state index contributed by atoms with van der Waals surface area (Å²) in [4.78, 5) is 41.3. The SMILES string of the molecule is O=C(NO)c1ccc(CN2C(=O)N(CCc3ccccc3)C(=O)C3CCCCC32)cc1. The summed E-state index contributed by atoms with van der Waals surface area (Å²) in [7, 11) is 0. The van der Waals surface area contributed by atoms with Gasteiger partial charge in [-0.2, -0.15) is 0 Å². The highest BCUT2D eigenvalue weighted by atomic mass is 16.5. The van der Waals surface area contributed by atoms with Gasteiger partial charge in [-0.15, -0.1) is 0 Å². The van der Waals surface area contributed by atoms with E-state index in [-0.39, 0.29) is 23.9 Å². The van der Waals surface area contributed by atoms with Gasteiger partial charge in [0.15, 0.2) is 0 Å². The van der Waals surface area contributed by atoms with Gasteiger partial charge in [-0.05, 0) is 42.5 Å². The van der Waals surface area contributed by atoms with Gasteiger partial charge in [-0.1, -0.05) is 55.3 Å². The Morgan fingerprint density at radius 2 is 1.68 bits per heavy atom. The summed E-state index contributed by atoms with van der Waals surface area (Å²) >= 11 is 0. The molecule has 4 rings (SSSR count). The van der Waals surface area contributed by atoms with Crippen LogP contribution in [0.1, 0.15) is 47.2 Å². The van der Waals surface area contributed by atoms with E-state index < -0.39 is 5.91 Å². The van der Waals surface area contributed by atoms with E-state index in [4.69, 9.17) is 5.21 Å². The number of rotatable bonds is 6. The number of nitrogens with zero attached hydrogens (tertiary/aromatic N) is 2. The topological polar surface area (TPSA) is 89.9 Å². The molecule has 0 spiro atoms. The van der Waals surface area contributed by atoms with Gasteiger partial charge in [-0.25, -0.2) is 10.3 Å². The van der Waals surface area contributed by atoms with Crippen molar-refractivity contribution in [2.75, 3.05) is 6.54 Å². The second kappa shape index (κ2) is 9.31. The minimum Gasteiger partial charge on any atom is -0.316 e. The van der Waals surface area contributed by atoms with Crippen molar-refractivity contribution in [2.24, 2.45) is 5.92 Å². The molecule has 2 aliphatic rings. The summed E-state index contributed by atoms with van der Waals surface area (Å²) in [5.41, 5.74) is 3.93. The summed E-state index contributed by atoms with van der Waals surface area (Å²) < 4.78 is 0. The number of benzene rings is 2. The van der Waals surface area contributed by atoms with Crippen molar-refractivity contribution in [3.63, 3.8) is 0 Å². The fourth-order valence-corrected chi connectivity index (χ4v) is 4.66. The lowest BCUT2D eigenvalue weighted by Crippen LogP contribution is -2.62. The molecule has 1 saturated carbocycles. The summed E-state index contributed by atoms with van der Waals surface area (Å²) in [6.07, 6.45) is 4.29. The van der Waals surface area contributed by atoms with Crippen molar-refractivity contribution in [3.05, 3.63) is 71.3 Å². The van der Waals surface area contributed by atoms with E-state index >= 15 is 0 Å². The van der Waals surface area contributed by atoms with E-state index in [1.165, 1.54) is 4.90 Å². The average molecular weight is 421 g/mol. The van der Waals surface area contributed by atoms with Gasteiger partial charge in [0.05, 0.1) is 5.92 Å². The van der Waals surface area contributed by atoms with Crippen LogP contribution in [0.2, 0.25) is 0 Å². The third kappa shape index (κ3) is 4.46. The first-order valence-corrected chi connectivity index (χ1v) is 10.8. The molecule has 31 heavy (non-hydrogen) atoms. The molecule has 2 atom stereocenters. The summed E-state index contributed by atoms with van der Waals surface area (Å²) in [6, 6.07) is 16.3. The van der Waals surface area contributed by atoms with E-state index in [9.17, 15) is 14.4 Å². The van der Waals surface area contributed by atoms with Crippen molar-refractivity contribution in [3.8, 4) is 0 Å². The number of hydrogen-bond donors (Lipinski definition) is 2. The summed E-state index contributed by atoms with van der Waals surface area (Å²) in [5, 5.41) is 8.78. The van der Waals surface area contributed by atoms with E-state index in [2.05, 4.69) is 0 Å². The number of carbonyl (C=O) groups excluding carboxylic acids is 3. The molecule has 2 fully saturated rings. The Balaban J connectivity index is 1.53. The van der Waals surface area contributed by atoms with Crippen LogP contribution in [-0.2, 0) is 17.8 Å². The second-order valence-corrected chi connectivity index (χ2v) is 8.23. The zero-order chi connectivity index (χ0) is 21.8. The van der Waals surface area contributed by atoms with Crippen molar-refractivity contribution in [2.45, 2.75) is 44.7 Å². The maximum absolute atomic E-state index is 13.4. The van der Waals surface area contributed by atoms with Crippen LogP contribution in [0.25, 0.3) is 0 Å². The fraction of sp³-hybridized carbons (Fsp3) is 0.375. The number of imide groups is 1. The predicted molar refractivity (Wildman–Crippen MR) is 114 cm³/mol. The highest BCUT2D eigenvalue weighted by Crippen LogP contribution is 2.35. The van der Waals surface area contributed by atoms with Crippen LogP contribution in [0, 0.1) is 5.92 Å². The molecule has 2 N–H and O–H groups in total. The van der Waals surface area contributed by atoms with Crippen LogP contribution in [0.3, 0.4) is 0 Å². The third-order valence-electron chi connectivity index (χ3n) is 6.33. The maximum Gasteiger partial charge on any atom is 0.327 e.